The number of aryl methyl sites for hydroxylation is 1. The van der Waals surface area contributed by atoms with Crippen LogP contribution in [0.3, 0.4) is 0 Å². The van der Waals surface area contributed by atoms with Crippen molar-refractivity contribution >= 4 is 34.0 Å². The van der Waals surface area contributed by atoms with Crippen LogP contribution in [0.4, 0.5) is 10.1 Å². The van der Waals surface area contributed by atoms with Gasteiger partial charge in [-0.05, 0) is 36.8 Å². The second-order valence-electron chi connectivity index (χ2n) is 4.97. The number of hydrogen-bond acceptors (Lipinski definition) is 2. The van der Waals surface area contributed by atoms with Crippen molar-refractivity contribution in [3.63, 3.8) is 0 Å². The molecule has 3 nitrogen and oxygen atoms in total. The molecule has 0 aliphatic carbocycles. The second kappa shape index (κ2) is 7.03. The SMILES string of the molecule is Cc1ccc(F)c(C(=O)Nc2cc(C[S@@](C)=O)ccc2Cl)c1. The zero-order chi connectivity index (χ0) is 16.3. The number of halogens is 2. The highest BCUT2D eigenvalue weighted by molar-refractivity contribution is 7.83. The van der Waals surface area contributed by atoms with Crippen molar-refractivity contribution in [1.29, 1.82) is 0 Å². The molecule has 0 unspecified atom stereocenters. The van der Waals surface area contributed by atoms with Crippen molar-refractivity contribution in [3.05, 3.63) is 63.9 Å². The Bertz CT molecular complexity index is 749. The molecule has 0 aliphatic heterocycles. The molecule has 0 bridgehead atoms. The van der Waals surface area contributed by atoms with Gasteiger partial charge in [0, 0.05) is 22.8 Å². The minimum absolute atomic E-state index is 0.0412. The van der Waals surface area contributed by atoms with Gasteiger partial charge in [-0.25, -0.2) is 4.39 Å². The highest BCUT2D eigenvalue weighted by Crippen LogP contribution is 2.24. The molecular formula is C16H15ClFNO2S. The summed E-state index contributed by atoms with van der Waals surface area (Å²) in [7, 11) is -1.00. The van der Waals surface area contributed by atoms with E-state index in [1.165, 1.54) is 12.1 Å². The molecule has 0 saturated carbocycles. The van der Waals surface area contributed by atoms with Crippen molar-refractivity contribution in [1.82, 2.24) is 0 Å². The Morgan fingerprint density at radius 2 is 2.00 bits per heavy atom. The van der Waals surface area contributed by atoms with E-state index in [-0.39, 0.29) is 5.56 Å². The van der Waals surface area contributed by atoms with Gasteiger partial charge in [0.1, 0.15) is 5.82 Å². The number of nitrogens with one attached hydrogen (secondary N) is 1. The Morgan fingerprint density at radius 1 is 1.27 bits per heavy atom. The van der Waals surface area contributed by atoms with Gasteiger partial charge in [-0.15, -0.1) is 0 Å². The summed E-state index contributed by atoms with van der Waals surface area (Å²) < 4.78 is 25.0. The van der Waals surface area contributed by atoms with E-state index in [1.807, 2.05) is 0 Å². The molecule has 116 valence electrons. The topological polar surface area (TPSA) is 46.2 Å². The third-order valence-electron chi connectivity index (χ3n) is 3.02. The maximum Gasteiger partial charge on any atom is 0.258 e. The summed E-state index contributed by atoms with van der Waals surface area (Å²) in [5.41, 5.74) is 1.90. The predicted octanol–water partition coefficient (Wildman–Crippen LogP) is 3.92. The molecule has 0 saturated heterocycles. The van der Waals surface area contributed by atoms with Crippen LogP contribution in [0.25, 0.3) is 0 Å². The van der Waals surface area contributed by atoms with Crippen molar-refractivity contribution < 1.29 is 13.4 Å². The molecule has 2 aromatic carbocycles. The summed E-state index contributed by atoms with van der Waals surface area (Å²) in [6.07, 6.45) is 1.59. The molecule has 6 heteroatoms. The molecule has 22 heavy (non-hydrogen) atoms. The third-order valence-corrected chi connectivity index (χ3v) is 4.08. The van der Waals surface area contributed by atoms with Crippen LogP contribution in [-0.2, 0) is 16.6 Å². The van der Waals surface area contributed by atoms with Gasteiger partial charge in [0.2, 0.25) is 0 Å². The minimum Gasteiger partial charge on any atom is -0.321 e. The van der Waals surface area contributed by atoms with E-state index in [0.717, 1.165) is 11.1 Å². The smallest absolute Gasteiger partial charge is 0.258 e. The van der Waals surface area contributed by atoms with Crippen LogP contribution in [-0.4, -0.2) is 16.4 Å². The molecule has 1 amide bonds. The van der Waals surface area contributed by atoms with Gasteiger partial charge >= 0.3 is 0 Å². The highest BCUT2D eigenvalue weighted by atomic mass is 35.5. The molecule has 0 radical (unpaired) electrons. The maximum absolute atomic E-state index is 13.7. The van der Waals surface area contributed by atoms with Crippen LogP contribution in [0.5, 0.6) is 0 Å². The van der Waals surface area contributed by atoms with E-state index in [4.69, 9.17) is 11.6 Å². The maximum atomic E-state index is 13.7. The Hall–Kier alpha value is -1.72. The fourth-order valence-electron chi connectivity index (χ4n) is 2.00. The summed E-state index contributed by atoms with van der Waals surface area (Å²) in [5, 5.41) is 2.94. The molecular weight excluding hydrogens is 325 g/mol. The second-order valence-corrected chi connectivity index (χ2v) is 6.81. The Morgan fingerprint density at radius 3 is 2.68 bits per heavy atom. The van der Waals surface area contributed by atoms with E-state index >= 15 is 0 Å². The number of carbonyl (C=O) groups is 1. The average molecular weight is 340 g/mol. The van der Waals surface area contributed by atoms with E-state index in [0.29, 0.717) is 16.5 Å². The standard InChI is InChI=1S/C16H15ClFNO2S/c1-10-3-6-14(18)12(7-10)16(20)19-15-8-11(9-22(2)21)4-5-13(15)17/h3-8H,9H2,1-2H3,(H,19,20)/t22-/m1/s1. The molecule has 2 rings (SSSR count). The quantitative estimate of drug-likeness (QED) is 0.917. The first kappa shape index (κ1) is 16.6. The number of hydrogen-bond donors (Lipinski definition) is 1. The molecule has 0 aromatic heterocycles. The van der Waals surface area contributed by atoms with E-state index in [1.54, 1.807) is 37.4 Å². The minimum atomic E-state index is -1.00. The molecule has 2 aromatic rings. The van der Waals surface area contributed by atoms with Gasteiger partial charge < -0.3 is 5.32 Å². The first-order valence-electron chi connectivity index (χ1n) is 6.53. The van der Waals surface area contributed by atoms with Crippen LogP contribution >= 0.6 is 11.6 Å². The van der Waals surface area contributed by atoms with E-state index < -0.39 is 22.5 Å². The first-order valence-corrected chi connectivity index (χ1v) is 8.63. The summed E-state index contributed by atoms with van der Waals surface area (Å²) >= 11 is 6.05. The van der Waals surface area contributed by atoms with Gasteiger partial charge in [0.15, 0.2) is 0 Å². The Kier molecular flexibility index (Phi) is 5.32. The zero-order valence-electron chi connectivity index (χ0n) is 12.2. The van der Waals surface area contributed by atoms with Gasteiger partial charge in [-0.2, -0.15) is 0 Å². The van der Waals surface area contributed by atoms with Crippen molar-refractivity contribution in [2.45, 2.75) is 12.7 Å². The van der Waals surface area contributed by atoms with Crippen LogP contribution in [0.1, 0.15) is 21.5 Å². The predicted molar refractivity (Wildman–Crippen MR) is 88.3 cm³/mol. The number of anilines is 1. The van der Waals surface area contributed by atoms with Gasteiger partial charge in [0.25, 0.3) is 5.91 Å². The van der Waals surface area contributed by atoms with Crippen LogP contribution in [0.2, 0.25) is 5.02 Å². The van der Waals surface area contributed by atoms with Gasteiger partial charge in [0.05, 0.1) is 16.3 Å². The first-order chi connectivity index (χ1) is 10.4. The lowest BCUT2D eigenvalue weighted by atomic mass is 10.1. The monoisotopic (exact) mass is 339 g/mol. The normalized spacial score (nSPS) is 12.0. The number of rotatable bonds is 4. The lowest BCUT2D eigenvalue weighted by Gasteiger charge is -2.10. The third kappa shape index (κ3) is 4.15. The lowest BCUT2D eigenvalue weighted by molar-refractivity contribution is 0.102. The van der Waals surface area contributed by atoms with Gasteiger partial charge in [-0.3, -0.25) is 9.00 Å². The fraction of sp³-hybridized carbons (Fsp3) is 0.188. The van der Waals surface area contributed by atoms with Crippen molar-refractivity contribution in [3.8, 4) is 0 Å². The van der Waals surface area contributed by atoms with Gasteiger partial charge in [-0.1, -0.05) is 29.3 Å². The molecule has 1 atom stereocenters. The van der Waals surface area contributed by atoms with Crippen molar-refractivity contribution in [2.24, 2.45) is 0 Å². The van der Waals surface area contributed by atoms with Crippen LogP contribution in [0, 0.1) is 12.7 Å². The summed E-state index contributed by atoms with van der Waals surface area (Å²) in [5.74, 6) is -0.804. The highest BCUT2D eigenvalue weighted by Gasteiger charge is 2.14. The average Bonchev–Trinajstić information content (AvgIpc) is 2.44. The zero-order valence-corrected chi connectivity index (χ0v) is 13.7. The molecule has 0 heterocycles. The number of amides is 1. The number of carbonyl (C=O) groups excluding carboxylic acids is 1. The lowest BCUT2D eigenvalue weighted by Crippen LogP contribution is -2.14. The van der Waals surface area contributed by atoms with Crippen LogP contribution < -0.4 is 5.32 Å². The van der Waals surface area contributed by atoms with E-state index in [9.17, 15) is 13.4 Å². The fourth-order valence-corrected chi connectivity index (χ4v) is 2.81. The van der Waals surface area contributed by atoms with Crippen molar-refractivity contribution in [2.75, 3.05) is 11.6 Å². The summed E-state index contributed by atoms with van der Waals surface area (Å²) in [6, 6.07) is 9.33. The molecule has 0 spiro atoms. The van der Waals surface area contributed by atoms with Crippen LogP contribution in [0.15, 0.2) is 36.4 Å². The summed E-state index contributed by atoms with van der Waals surface area (Å²) in [6.45, 7) is 1.78. The summed E-state index contributed by atoms with van der Waals surface area (Å²) in [4.78, 5) is 12.2. The Balaban J connectivity index is 2.27. The van der Waals surface area contributed by atoms with E-state index in [2.05, 4.69) is 5.32 Å². The molecule has 0 aliphatic rings. The number of benzene rings is 2. The Labute approximate surface area is 136 Å². The largest absolute Gasteiger partial charge is 0.321 e. The molecule has 1 N–H and O–H groups in total. The molecule has 0 fully saturated rings.